The van der Waals surface area contributed by atoms with Crippen LogP contribution >= 0.6 is 63.7 Å². The number of ketones is 1. The molecule has 0 atom stereocenters. The molecule has 7 rings (SSSR count). The summed E-state index contributed by atoms with van der Waals surface area (Å²) in [7, 11) is 3.21. The Kier molecular flexibility index (Phi) is 10.5. The topological polar surface area (TPSA) is 76.3 Å². The minimum atomic E-state index is -0.294. The van der Waals surface area contributed by atoms with Crippen LogP contribution in [0.4, 0.5) is 0 Å². The summed E-state index contributed by atoms with van der Waals surface area (Å²) in [5, 5.41) is 11.4. The molecule has 0 unspecified atom stereocenters. The molecule has 0 saturated carbocycles. The third kappa shape index (κ3) is 7.25. The van der Waals surface area contributed by atoms with Gasteiger partial charge in [0.25, 0.3) is 0 Å². The molecule has 0 radical (unpaired) electrons. The molecule has 1 aromatic heterocycles. The number of methoxy groups -OCH3 is 2. The monoisotopic (exact) mass is 943 g/mol. The Hall–Kier alpha value is -4.48. The molecule has 52 heavy (non-hydrogen) atoms. The second kappa shape index (κ2) is 15.2. The lowest BCUT2D eigenvalue weighted by atomic mass is 9.85. The van der Waals surface area contributed by atoms with Gasteiger partial charge in [0.1, 0.15) is 34.3 Å². The van der Waals surface area contributed by atoms with Crippen LogP contribution in [-0.4, -0.2) is 25.1 Å². The first-order valence-electron chi connectivity index (χ1n) is 15.8. The first kappa shape index (κ1) is 35.9. The highest BCUT2D eigenvalue weighted by Crippen LogP contribution is 2.41. The van der Waals surface area contributed by atoms with E-state index in [1.807, 2.05) is 109 Å². The van der Waals surface area contributed by atoms with Gasteiger partial charge in [-0.25, -0.2) is 4.42 Å². The number of hydrogen-bond donors (Lipinski definition) is 1. The number of halogens is 4. The van der Waals surface area contributed by atoms with Crippen molar-refractivity contribution in [1.29, 1.82) is 0 Å². The lowest BCUT2D eigenvalue weighted by Gasteiger charge is -2.22. The van der Waals surface area contributed by atoms with Gasteiger partial charge in [0, 0.05) is 23.5 Å². The van der Waals surface area contributed by atoms with Crippen LogP contribution in [0.3, 0.4) is 0 Å². The van der Waals surface area contributed by atoms with Gasteiger partial charge in [-0.3, -0.25) is 4.79 Å². The largest absolute Gasteiger partial charge is 0.506 e. The number of rotatable bonds is 8. The minimum absolute atomic E-state index is 0.106. The van der Waals surface area contributed by atoms with E-state index in [0.29, 0.717) is 45.7 Å². The fraction of sp³-hybridized carbons (Fsp3) is 0.0476. The Morgan fingerprint density at radius 3 is 1.88 bits per heavy atom. The number of allylic oxidation sites excluding steroid dienone is 6. The highest BCUT2D eigenvalue weighted by atomic mass is 79.9. The molecule has 1 aliphatic carbocycles. The van der Waals surface area contributed by atoms with Gasteiger partial charge in [-0.2, -0.15) is 0 Å². The molecule has 0 fully saturated rings. The molecule has 2 heterocycles. The average molecular weight is 947 g/mol. The molecule has 1 aliphatic heterocycles. The van der Waals surface area contributed by atoms with Crippen molar-refractivity contribution in [3.63, 3.8) is 0 Å². The first-order valence-corrected chi connectivity index (χ1v) is 19.0. The summed E-state index contributed by atoms with van der Waals surface area (Å²) in [6, 6.07) is 30.3. The van der Waals surface area contributed by atoms with Crippen molar-refractivity contribution < 1.29 is 28.5 Å². The molecule has 0 amide bonds. The quantitative estimate of drug-likeness (QED) is 0.123. The molecule has 0 saturated heterocycles. The van der Waals surface area contributed by atoms with Gasteiger partial charge in [0.05, 0.1) is 48.6 Å². The second-order valence-electron chi connectivity index (χ2n) is 11.7. The third-order valence-corrected chi connectivity index (χ3v) is 12.2. The Morgan fingerprint density at radius 1 is 0.654 bits per heavy atom. The van der Waals surface area contributed by atoms with Crippen molar-refractivity contribution >= 4 is 87.1 Å². The van der Waals surface area contributed by atoms with Crippen LogP contribution in [0.15, 0.2) is 160 Å². The third-order valence-electron chi connectivity index (χ3n) is 8.41. The number of aliphatic hydroxyl groups is 1. The zero-order valence-electron chi connectivity index (χ0n) is 27.5. The maximum atomic E-state index is 13.7. The Balaban J connectivity index is 1.32. The van der Waals surface area contributed by atoms with Gasteiger partial charge >= 0.3 is 11.5 Å². The molecule has 10 heteroatoms. The Bertz CT molecular complexity index is 2440. The minimum Gasteiger partial charge on any atom is -0.506 e. The highest BCUT2D eigenvalue weighted by Gasteiger charge is 2.33. The second-order valence-corrected chi connectivity index (χ2v) is 15.1. The van der Waals surface area contributed by atoms with Crippen molar-refractivity contribution in [1.82, 2.24) is 0 Å². The van der Waals surface area contributed by atoms with Crippen LogP contribution < -0.4 is 9.47 Å². The standard InChI is InChI=1S/C42H26Br4O6/c1-49-35-9-5-3-7-27(35)39-19-23(17-37(51-39)25-11-13-31(43)33(45)21-25)15-29-41(47)30(42(29)48)16-24-18-38(26-12-14-32(44)34(46)22-26)52-40(20-24)28-8-4-6-10-36(28)50-2/h3-22H,1-2H3/p+1. The predicted octanol–water partition coefficient (Wildman–Crippen LogP) is 12.8. The molecule has 2 aliphatic rings. The lowest BCUT2D eigenvalue weighted by molar-refractivity contribution is -0.113. The van der Waals surface area contributed by atoms with Gasteiger partial charge in [-0.1, -0.05) is 30.3 Å². The Labute approximate surface area is 334 Å². The lowest BCUT2D eigenvalue weighted by Crippen LogP contribution is -2.21. The number of carbonyl (C=O) groups is 1. The van der Waals surface area contributed by atoms with Crippen LogP contribution in [-0.2, 0) is 9.53 Å². The zero-order chi connectivity index (χ0) is 36.5. The SMILES string of the molecule is COc1ccccc1C1=CC(=CC2=C(O)C(=Cc3cc(-c4ccc(Br)c(Br)c4)[o+]c(-c4ccccc4OC)c3)C2=O)C=C(c2ccc(Br)c(Br)c2)O1. The van der Waals surface area contributed by atoms with Gasteiger partial charge in [0.2, 0.25) is 5.78 Å². The number of ether oxygens (including phenoxy) is 3. The molecular formula is C42H27Br4O6+. The van der Waals surface area contributed by atoms with E-state index >= 15 is 0 Å². The van der Waals surface area contributed by atoms with Crippen LogP contribution in [0.25, 0.3) is 40.2 Å². The number of hydrogen-bond acceptors (Lipinski definition) is 5. The van der Waals surface area contributed by atoms with E-state index in [1.54, 1.807) is 26.4 Å². The fourth-order valence-corrected chi connectivity index (χ4v) is 7.05. The molecule has 5 aromatic rings. The molecule has 0 bridgehead atoms. The molecule has 1 N–H and O–H groups in total. The van der Waals surface area contributed by atoms with E-state index in [4.69, 9.17) is 18.6 Å². The van der Waals surface area contributed by atoms with E-state index in [0.717, 1.165) is 40.1 Å². The van der Waals surface area contributed by atoms with Gasteiger partial charge in [-0.15, -0.1) is 0 Å². The maximum absolute atomic E-state index is 13.7. The summed E-state index contributed by atoms with van der Waals surface area (Å²) in [5.74, 6) is 3.07. The number of Topliss-reactive ketones (excluding diaryl/α,β-unsaturated/α-hetero) is 1. The summed E-state index contributed by atoms with van der Waals surface area (Å²) in [6.45, 7) is 0. The van der Waals surface area contributed by atoms with E-state index in [-0.39, 0.29) is 22.7 Å². The molecule has 6 nitrogen and oxygen atoms in total. The van der Waals surface area contributed by atoms with Crippen molar-refractivity contribution in [2.75, 3.05) is 14.2 Å². The zero-order valence-corrected chi connectivity index (χ0v) is 33.9. The van der Waals surface area contributed by atoms with Crippen LogP contribution in [0.1, 0.15) is 16.7 Å². The van der Waals surface area contributed by atoms with Crippen molar-refractivity contribution in [2.24, 2.45) is 0 Å². The van der Waals surface area contributed by atoms with E-state index in [2.05, 4.69) is 63.7 Å². The number of para-hydroxylation sites is 2. The van der Waals surface area contributed by atoms with Crippen molar-refractivity contribution in [2.45, 2.75) is 0 Å². The van der Waals surface area contributed by atoms with Crippen molar-refractivity contribution in [3.8, 4) is 34.1 Å². The normalized spacial score (nSPS) is 15.6. The summed E-state index contributed by atoms with van der Waals surface area (Å²) < 4.78 is 27.6. The molecule has 4 aromatic carbocycles. The first-order chi connectivity index (χ1) is 25.1. The predicted molar refractivity (Wildman–Crippen MR) is 219 cm³/mol. The van der Waals surface area contributed by atoms with E-state index < -0.39 is 0 Å². The maximum Gasteiger partial charge on any atom is 0.365 e. The van der Waals surface area contributed by atoms with Crippen LogP contribution in [0, 0.1) is 0 Å². The molecule has 258 valence electrons. The average Bonchev–Trinajstić information content (AvgIpc) is 3.17. The Morgan fingerprint density at radius 2 is 1.23 bits per heavy atom. The van der Waals surface area contributed by atoms with E-state index in [9.17, 15) is 9.90 Å². The summed E-state index contributed by atoms with van der Waals surface area (Å²) in [6.07, 6.45) is 7.01. The smallest absolute Gasteiger partial charge is 0.365 e. The number of benzene rings is 4. The van der Waals surface area contributed by atoms with Gasteiger partial charge < -0.3 is 19.3 Å². The summed E-state index contributed by atoms with van der Waals surface area (Å²) in [5.41, 5.74) is 4.81. The van der Waals surface area contributed by atoms with Crippen molar-refractivity contribution in [3.05, 3.63) is 172 Å². The summed E-state index contributed by atoms with van der Waals surface area (Å²) >= 11 is 14.2. The molecular weight excluding hydrogens is 920 g/mol. The summed E-state index contributed by atoms with van der Waals surface area (Å²) in [4.78, 5) is 13.7. The molecule has 0 spiro atoms. The van der Waals surface area contributed by atoms with Gasteiger partial charge in [-0.05, 0) is 154 Å². The van der Waals surface area contributed by atoms with Crippen LogP contribution in [0.2, 0.25) is 0 Å². The fourth-order valence-electron chi connectivity index (χ4n) is 5.80. The number of carbonyl (C=O) groups excluding carboxylic acids is 1. The van der Waals surface area contributed by atoms with Crippen LogP contribution in [0.5, 0.6) is 11.5 Å². The van der Waals surface area contributed by atoms with E-state index in [1.165, 1.54) is 0 Å². The van der Waals surface area contributed by atoms with Gasteiger partial charge in [0.15, 0.2) is 0 Å². The highest BCUT2D eigenvalue weighted by molar-refractivity contribution is 9.13. The number of aliphatic hydroxyl groups excluding tert-OH is 1.